The summed E-state index contributed by atoms with van der Waals surface area (Å²) >= 11 is 5.00. The van der Waals surface area contributed by atoms with Gasteiger partial charge in [-0.2, -0.15) is 13.2 Å². The number of hydrogen-bond acceptors (Lipinski definition) is 3. The van der Waals surface area contributed by atoms with E-state index in [0.29, 0.717) is 11.8 Å². The highest BCUT2D eigenvalue weighted by atomic mass is 32.1. The van der Waals surface area contributed by atoms with Crippen molar-refractivity contribution in [2.45, 2.75) is 32.4 Å². The molecule has 1 aromatic carbocycles. The fraction of sp³-hybridized carbons (Fsp3) is 0.278. The predicted octanol–water partition coefficient (Wildman–Crippen LogP) is 4.52. The van der Waals surface area contributed by atoms with Crippen LogP contribution in [0.3, 0.4) is 0 Å². The van der Waals surface area contributed by atoms with E-state index >= 15 is 0 Å². The molecule has 0 aliphatic rings. The van der Waals surface area contributed by atoms with E-state index in [9.17, 15) is 18.0 Å². The van der Waals surface area contributed by atoms with Crippen LogP contribution in [-0.2, 0) is 11.6 Å². The lowest BCUT2D eigenvalue weighted by atomic mass is 9.87. The molecule has 26 heavy (non-hydrogen) atoms. The van der Waals surface area contributed by atoms with Crippen molar-refractivity contribution in [3.05, 3.63) is 59.3 Å². The van der Waals surface area contributed by atoms with Gasteiger partial charge in [-0.05, 0) is 47.5 Å². The van der Waals surface area contributed by atoms with Crippen LogP contribution >= 0.6 is 12.2 Å². The SMILES string of the molecule is CC(C)(C)c1ccc(C(=O)NC(=S)Nc2ccc(C(F)(F)F)cn2)cc1. The lowest BCUT2D eigenvalue weighted by molar-refractivity contribution is -0.137. The maximum Gasteiger partial charge on any atom is 0.417 e. The summed E-state index contributed by atoms with van der Waals surface area (Å²) in [6.45, 7) is 6.20. The minimum Gasteiger partial charge on any atom is -0.317 e. The second-order valence-corrected chi connectivity index (χ2v) is 7.07. The number of aromatic nitrogens is 1. The third-order valence-electron chi connectivity index (χ3n) is 3.57. The number of thiocarbonyl (C=S) groups is 1. The van der Waals surface area contributed by atoms with E-state index in [-0.39, 0.29) is 16.3 Å². The molecule has 1 aromatic heterocycles. The van der Waals surface area contributed by atoms with Gasteiger partial charge in [-0.25, -0.2) is 4.98 Å². The Kier molecular flexibility index (Phi) is 5.65. The lowest BCUT2D eigenvalue weighted by Crippen LogP contribution is -2.34. The van der Waals surface area contributed by atoms with Crippen molar-refractivity contribution in [2.75, 3.05) is 5.32 Å². The third-order valence-corrected chi connectivity index (χ3v) is 3.78. The van der Waals surface area contributed by atoms with Gasteiger partial charge in [-0.15, -0.1) is 0 Å². The van der Waals surface area contributed by atoms with E-state index < -0.39 is 17.6 Å². The van der Waals surface area contributed by atoms with Crippen molar-refractivity contribution in [1.29, 1.82) is 0 Å². The summed E-state index contributed by atoms with van der Waals surface area (Å²) in [5.74, 6) is -0.318. The van der Waals surface area contributed by atoms with Crippen molar-refractivity contribution in [3.63, 3.8) is 0 Å². The molecule has 2 rings (SSSR count). The third kappa shape index (κ3) is 5.26. The van der Waals surface area contributed by atoms with Crippen molar-refractivity contribution in [3.8, 4) is 0 Å². The highest BCUT2D eigenvalue weighted by molar-refractivity contribution is 7.80. The van der Waals surface area contributed by atoms with Crippen molar-refractivity contribution in [2.24, 2.45) is 0 Å². The normalized spacial score (nSPS) is 11.8. The maximum atomic E-state index is 12.5. The van der Waals surface area contributed by atoms with Crippen LogP contribution in [0, 0.1) is 0 Å². The first-order valence-corrected chi connectivity index (χ1v) is 8.14. The van der Waals surface area contributed by atoms with Gasteiger partial charge in [0, 0.05) is 11.8 Å². The summed E-state index contributed by atoms with van der Waals surface area (Å²) < 4.78 is 37.5. The summed E-state index contributed by atoms with van der Waals surface area (Å²) in [5, 5.41) is 4.99. The average molecular weight is 381 g/mol. The van der Waals surface area contributed by atoms with Gasteiger partial charge in [-0.1, -0.05) is 32.9 Å². The lowest BCUT2D eigenvalue weighted by Gasteiger charge is -2.19. The molecule has 0 fully saturated rings. The Hall–Kier alpha value is -2.48. The Morgan fingerprint density at radius 1 is 1.00 bits per heavy atom. The molecule has 1 amide bonds. The maximum absolute atomic E-state index is 12.5. The number of halogens is 3. The van der Waals surface area contributed by atoms with Gasteiger partial charge in [0.25, 0.3) is 5.91 Å². The van der Waals surface area contributed by atoms with Crippen molar-refractivity contribution in [1.82, 2.24) is 10.3 Å². The molecule has 8 heteroatoms. The monoisotopic (exact) mass is 381 g/mol. The number of nitrogens with one attached hydrogen (secondary N) is 2. The number of rotatable bonds is 2. The van der Waals surface area contributed by atoms with E-state index in [1.807, 2.05) is 12.1 Å². The molecule has 138 valence electrons. The van der Waals surface area contributed by atoms with E-state index in [0.717, 1.165) is 17.7 Å². The van der Waals surface area contributed by atoms with Gasteiger partial charge in [-0.3, -0.25) is 10.1 Å². The molecule has 0 aliphatic heterocycles. The van der Waals surface area contributed by atoms with Gasteiger partial charge >= 0.3 is 6.18 Å². The molecule has 0 spiro atoms. The summed E-state index contributed by atoms with van der Waals surface area (Å²) in [4.78, 5) is 15.8. The Labute approximate surface area is 154 Å². The molecule has 0 saturated heterocycles. The average Bonchev–Trinajstić information content (AvgIpc) is 2.53. The van der Waals surface area contributed by atoms with Crippen LogP contribution in [0.15, 0.2) is 42.6 Å². The molecule has 0 saturated carbocycles. The first-order chi connectivity index (χ1) is 12.0. The number of carbonyl (C=O) groups is 1. The van der Waals surface area contributed by atoms with E-state index in [4.69, 9.17) is 12.2 Å². The number of pyridine rings is 1. The number of nitrogens with zero attached hydrogens (tertiary/aromatic N) is 1. The Morgan fingerprint density at radius 2 is 1.58 bits per heavy atom. The van der Waals surface area contributed by atoms with Crippen LogP contribution < -0.4 is 10.6 Å². The molecule has 0 unspecified atom stereocenters. The molecule has 2 aromatic rings. The number of amides is 1. The number of alkyl halides is 3. The molecule has 0 atom stereocenters. The molecule has 0 bridgehead atoms. The van der Waals surface area contributed by atoms with Crippen LogP contribution in [0.1, 0.15) is 42.3 Å². The first kappa shape index (κ1) is 19.8. The van der Waals surface area contributed by atoms with Gasteiger partial charge in [0.2, 0.25) is 0 Å². The van der Waals surface area contributed by atoms with Crippen LogP contribution in [-0.4, -0.2) is 16.0 Å². The highest BCUT2D eigenvalue weighted by Crippen LogP contribution is 2.28. The van der Waals surface area contributed by atoms with Crippen LogP contribution in [0.4, 0.5) is 19.0 Å². The van der Waals surface area contributed by atoms with Crippen molar-refractivity contribution < 1.29 is 18.0 Å². The smallest absolute Gasteiger partial charge is 0.317 e. The molecule has 0 aliphatic carbocycles. The minimum atomic E-state index is -4.46. The quantitative estimate of drug-likeness (QED) is 0.751. The zero-order valence-corrected chi connectivity index (χ0v) is 15.3. The predicted molar refractivity (Wildman–Crippen MR) is 98.1 cm³/mol. The minimum absolute atomic E-state index is 0.0277. The molecule has 4 nitrogen and oxygen atoms in total. The summed E-state index contributed by atoms with van der Waals surface area (Å²) in [6.07, 6.45) is -3.77. The number of hydrogen-bond donors (Lipinski definition) is 2. The first-order valence-electron chi connectivity index (χ1n) is 7.73. The molecule has 2 N–H and O–H groups in total. The molecule has 0 radical (unpaired) electrons. The summed E-state index contributed by atoms with van der Waals surface area (Å²) in [5.41, 5.74) is 0.614. The summed E-state index contributed by atoms with van der Waals surface area (Å²) in [6, 6.07) is 9.12. The number of anilines is 1. The second-order valence-electron chi connectivity index (χ2n) is 6.67. The fourth-order valence-electron chi connectivity index (χ4n) is 2.08. The van der Waals surface area contributed by atoms with E-state index in [2.05, 4.69) is 36.4 Å². The van der Waals surface area contributed by atoms with Gasteiger partial charge < -0.3 is 5.32 Å². The molecule has 1 heterocycles. The van der Waals surface area contributed by atoms with Crippen LogP contribution in [0.5, 0.6) is 0 Å². The van der Waals surface area contributed by atoms with E-state index in [1.165, 1.54) is 0 Å². The van der Waals surface area contributed by atoms with Gasteiger partial charge in [0.1, 0.15) is 5.82 Å². The zero-order chi connectivity index (χ0) is 19.5. The zero-order valence-electron chi connectivity index (χ0n) is 14.4. The van der Waals surface area contributed by atoms with Gasteiger partial charge in [0.05, 0.1) is 5.56 Å². The molecular formula is C18H18F3N3OS. The Morgan fingerprint density at radius 3 is 2.04 bits per heavy atom. The van der Waals surface area contributed by atoms with Gasteiger partial charge in [0.15, 0.2) is 5.11 Å². The van der Waals surface area contributed by atoms with Crippen LogP contribution in [0.25, 0.3) is 0 Å². The standard InChI is InChI=1S/C18H18F3N3OS/c1-17(2,3)12-6-4-11(5-7-12)15(25)24-16(26)23-14-9-8-13(10-22-14)18(19,20)21/h4-10H,1-3H3,(H2,22,23,24,25,26). The number of carbonyl (C=O) groups excluding carboxylic acids is 1. The highest BCUT2D eigenvalue weighted by Gasteiger charge is 2.30. The number of benzene rings is 1. The van der Waals surface area contributed by atoms with Crippen LogP contribution in [0.2, 0.25) is 0 Å². The van der Waals surface area contributed by atoms with E-state index in [1.54, 1.807) is 12.1 Å². The second kappa shape index (κ2) is 7.41. The topological polar surface area (TPSA) is 54.0 Å². The largest absolute Gasteiger partial charge is 0.417 e. The Balaban J connectivity index is 1.98. The Bertz CT molecular complexity index is 794. The summed E-state index contributed by atoms with van der Waals surface area (Å²) in [7, 11) is 0. The van der Waals surface area contributed by atoms with Crippen molar-refractivity contribution >= 4 is 29.1 Å². The molecular weight excluding hydrogens is 363 g/mol. The fourth-order valence-corrected chi connectivity index (χ4v) is 2.28.